The lowest BCUT2D eigenvalue weighted by Crippen LogP contribution is -2.51. The van der Waals surface area contributed by atoms with Crippen molar-refractivity contribution in [1.29, 1.82) is 0 Å². The van der Waals surface area contributed by atoms with Crippen LogP contribution in [0.25, 0.3) is 32.8 Å². The number of hydrogen-bond acceptors (Lipinski definition) is 9. The number of carboxylic acid groups (broad SMARTS) is 1. The molecule has 4 saturated heterocycles. The molecule has 0 bridgehead atoms. The van der Waals surface area contributed by atoms with Gasteiger partial charge in [0.2, 0.25) is 11.8 Å². The Morgan fingerprint density at radius 2 is 1.20 bits per heavy atom. The summed E-state index contributed by atoms with van der Waals surface area (Å²) in [5, 5.41) is 14.8. The van der Waals surface area contributed by atoms with Crippen molar-refractivity contribution in [2.24, 2.45) is 11.8 Å². The molecule has 6 atom stereocenters. The Morgan fingerprint density at radius 1 is 0.654 bits per heavy atom. The van der Waals surface area contributed by atoms with Crippen LogP contribution in [0.4, 0.5) is 38.5 Å². The highest BCUT2D eigenvalue weighted by molar-refractivity contribution is 5.88. The van der Waals surface area contributed by atoms with Crippen LogP contribution in [0.15, 0.2) is 78.9 Å². The Bertz CT molecular complexity index is 3540. The number of nitrogens with zero attached hydrogens (tertiary/aromatic N) is 7. The highest BCUT2D eigenvalue weighted by Gasteiger charge is 2.43. The molecule has 0 radical (unpaired) electrons. The molecule has 81 heavy (non-hydrogen) atoms. The third-order valence-electron chi connectivity index (χ3n) is 17.4. The van der Waals surface area contributed by atoms with Crippen LogP contribution in [0.2, 0.25) is 0 Å². The van der Waals surface area contributed by atoms with Crippen molar-refractivity contribution in [2.75, 3.05) is 50.1 Å². The van der Waals surface area contributed by atoms with Crippen molar-refractivity contribution in [3.63, 3.8) is 0 Å². The number of amides is 4. The number of halogens is 4. The number of aromatic nitrogens is 4. The summed E-state index contributed by atoms with van der Waals surface area (Å²) < 4.78 is 72.9. The fraction of sp³-hybridized carbons (Fsp3) is 0.443. The van der Waals surface area contributed by atoms with E-state index in [9.17, 15) is 24.3 Å². The van der Waals surface area contributed by atoms with E-state index in [1.54, 1.807) is 45.6 Å². The summed E-state index contributed by atoms with van der Waals surface area (Å²) in [6.07, 6.45) is 2.30. The predicted molar refractivity (Wildman–Crippen MR) is 300 cm³/mol. The predicted octanol–water partition coefficient (Wildman–Crippen LogP) is 12.0. The van der Waals surface area contributed by atoms with Gasteiger partial charge in [-0.2, -0.15) is 0 Å². The van der Waals surface area contributed by atoms with E-state index in [0.29, 0.717) is 92.9 Å². The maximum atomic E-state index is 17.0. The topological polar surface area (TPSA) is 183 Å². The molecule has 20 heteroatoms. The average Bonchev–Trinajstić information content (AvgIpc) is 4.46. The number of rotatable bonds is 13. The van der Waals surface area contributed by atoms with E-state index in [2.05, 4.69) is 45.6 Å². The molecule has 11 rings (SSSR count). The molecule has 4 aliphatic heterocycles. The molecular formula is C61H68F4N10O6. The highest BCUT2D eigenvalue weighted by atomic mass is 19.1. The van der Waals surface area contributed by atoms with Crippen LogP contribution in [0.1, 0.15) is 137 Å². The number of likely N-dealkylation sites (tertiary alicyclic amines) is 2. The fourth-order valence-corrected chi connectivity index (χ4v) is 13.3. The first-order valence-electron chi connectivity index (χ1n) is 28.2. The number of methoxy groups -OCH3 is 1. The van der Waals surface area contributed by atoms with Crippen LogP contribution >= 0.6 is 0 Å². The van der Waals surface area contributed by atoms with E-state index in [-0.39, 0.29) is 70.4 Å². The van der Waals surface area contributed by atoms with Crippen LogP contribution in [0, 0.1) is 35.1 Å². The Labute approximate surface area is 466 Å². The second kappa shape index (κ2) is 22.2. The Morgan fingerprint density at radius 3 is 1.72 bits per heavy atom. The summed E-state index contributed by atoms with van der Waals surface area (Å²) in [6, 6.07) is 18.4. The number of piperidine rings is 1. The van der Waals surface area contributed by atoms with Crippen molar-refractivity contribution in [2.45, 2.75) is 121 Å². The number of alkyl carbamates (subject to hydrolysis) is 1. The zero-order valence-electron chi connectivity index (χ0n) is 46.3. The summed E-state index contributed by atoms with van der Waals surface area (Å²) in [7, 11) is 2.60. The van der Waals surface area contributed by atoms with E-state index < -0.39 is 71.7 Å². The van der Waals surface area contributed by atoms with Gasteiger partial charge in [0.25, 0.3) is 0 Å². The third kappa shape index (κ3) is 10.3. The Kier molecular flexibility index (Phi) is 15.1. The van der Waals surface area contributed by atoms with Gasteiger partial charge in [-0.25, -0.2) is 37.1 Å². The molecule has 0 aliphatic carbocycles. The molecule has 16 nitrogen and oxygen atoms in total. The summed E-state index contributed by atoms with van der Waals surface area (Å²) in [4.78, 5) is 76.3. The summed E-state index contributed by atoms with van der Waals surface area (Å²) in [5.74, 6) is -3.08. The second-order valence-electron chi connectivity index (χ2n) is 23.0. The summed E-state index contributed by atoms with van der Waals surface area (Å²) in [6.45, 7) is 8.83. The second-order valence-corrected chi connectivity index (χ2v) is 23.0. The number of anilines is 2. The lowest BCUT2D eigenvalue weighted by molar-refractivity contribution is -0.138. The third-order valence-corrected chi connectivity index (χ3v) is 17.4. The molecule has 0 spiro atoms. The summed E-state index contributed by atoms with van der Waals surface area (Å²) >= 11 is 0. The lowest BCUT2D eigenvalue weighted by Gasteiger charge is -2.36. The van der Waals surface area contributed by atoms with Crippen LogP contribution < -0.4 is 15.1 Å². The number of ether oxygens (including phenoxy) is 1. The minimum Gasteiger partial charge on any atom is -0.465 e. The number of H-pyrrole nitrogens is 2. The first-order chi connectivity index (χ1) is 38.9. The smallest absolute Gasteiger partial charge is 0.407 e. The number of aromatic amines is 2. The minimum atomic E-state index is -1.23. The molecule has 4 amide bonds. The first-order valence-corrected chi connectivity index (χ1v) is 28.2. The Balaban J connectivity index is 0.931. The largest absolute Gasteiger partial charge is 0.465 e. The van der Waals surface area contributed by atoms with Crippen molar-refractivity contribution in [3.05, 3.63) is 130 Å². The zero-order chi connectivity index (χ0) is 57.1. The van der Waals surface area contributed by atoms with E-state index in [1.807, 2.05) is 26.0 Å². The molecule has 426 valence electrons. The van der Waals surface area contributed by atoms with Crippen LogP contribution in [0.3, 0.4) is 0 Å². The van der Waals surface area contributed by atoms with Gasteiger partial charge >= 0.3 is 12.2 Å². The monoisotopic (exact) mass is 1110 g/mol. The number of fused-ring (bicyclic) bond motifs is 3. The van der Waals surface area contributed by atoms with E-state index >= 15 is 17.6 Å². The number of nitrogens with one attached hydrogen (secondary N) is 3. The SMILES string of the molecule is COC(=O)N[C@H](C(=O)N1CCC[C@H]1c1nc2cc(F)c([C@H]3CC[C@H](c4cc5[nH]c([C@@H]6CCCN6C(=O)[C@H](C(C)C)N(C)C(=O)O)nc5cc4F)N3c3cc(F)c(N4CCC(c5ccc6ccccc6c5)CC4)c(F)c3)cc2[nH]1)C(C)C. The van der Waals surface area contributed by atoms with Gasteiger partial charge in [0, 0.05) is 62.2 Å². The number of hydrogen-bond donors (Lipinski definition) is 4. The molecule has 7 aromatic rings. The van der Waals surface area contributed by atoms with E-state index in [4.69, 9.17) is 14.7 Å². The highest BCUT2D eigenvalue weighted by Crippen LogP contribution is 2.50. The number of benzene rings is 5. The Hall–Kier alpha value is -7.90. The molecule has 4 aliphatic rings. The molecule has 4 fully saturated rings. The van der Waals surface area contributed by atoms with Gasteiger partial charge in [0.15, 0.2) is 11.6 Å². The first kappa shape index (κ1) is 55.0. The maximum Gasteiger partial charge on any atom is 0.407 e. The molecule has 5 aromatic carbocycles. The minimum absolute atomic E-state index is 0.0911. The quantitative estimate of drug-likeness (QED) is 0.0811. The average molecular weight is 1110 g/mol. The molecule has 0 unspecified atom stereocenters. The zero-order valence-corrected chi connectivity index (χ0v) is 46.3. The van der Waals surface area contributed by atoms with E-state index in [1.165, 1.54) is 44.0 Å². The molecule has 2 aromatic heterocycles. The number of carbonyl (C=O) groups excluding carboxylic acids is 3. The van der Waals surface area contributed by atoms with Gasteiger partial charge in [-0.05, 0) is 110 Å². The van der Waals surface area contributed by atoms with E-state index in [0.717, 1.165) is 15.7 Å². The maximum absolute atomic E-state index is 17.0. The molecule has 0 saturated carbocycles. The van der Waals surface area contributed by atoms with Gasteiger partial charge in [-0.3, -0.25) is 14.5 Å². The van der Waals surface area contributed by atoms with Crippen LogP contribution in [-0.4, -0.2) is 116 Å². The number of likely N-dealkylation sites (N-methyl/N-ethyl adjacent to an activating group) is 1. The van der Waals surface area contributed by atoms with Crippen molar-refractivity contribution >= 4 is 68.2 Å². The fourth-order valence-electron chi connectivity index (χ4n) is 13.3. The van der Waals surface area contributed by atoms with Crippen LogP contribution in [-0.2, 0) is 14.3 Å². The van der Waals surface area contributed by atoms with Gasteiger partial charge in [0.1, 0.15) is 41.1 Å². The van der Waals surface area contributed by atoms with Gasteiger partial charge < -0.3 is 44.7 Å². The molecular weight excluding hydrogens is 1040 g/mol. The standard InChI is InChI=1S/C61H68F4N10O6/c1-32(2)53(70-60(78)81-6)58(76)73-21-9-13-51(73)56-66-45-28-39(41(62)30-47(45)68-56)49-17-18-50(40-29-46-48(31-42(40)63)69-57(67-46)52-14-10-22-74(52)59(77)54(33(3)4)71(5)61(79)80)75(49)38-26-43(64)55(44(65)27-38)72-23-19-35(20-24-72)37-16-15-34-11-7-8-12-36(34)25-37/h7-8,11-12,15-16,25-33,35,49-54H,9-10,13-14,17-24H2,1-6H3,(H,66,68)(H,67,69)(H,70,78)(H,79,80)/t49-,50-,51+,52+,53+,54+/m1/s1. The number of carbonyl (C=O) groups is 4. The van der Waals surface area contributed by atoms with Gasteiger partial charge in [0.05, 0.1) is 53.3 Å². The number of imidazole rings is 2. The summed E-state index contributed by atoms with van der Waals surface area (Å²) in [5.41, 5.74) is 2.98. The lowest BCUT2D eigenvalue weighted by atomic mass is 9.88. The van der Waals surface area contributed by atoms with Gasteiger partial charge in [-0.15, -0.1) is 0 Å². The van der Waals surface area contributed by atoms with Crippen molar-refractivity contribution < 1.29 is 46.6 Å². The van der Waals surface area contributed by atoms with Crippen molar-refractivity contribution in [3.8, 4) is 0 Å². The molecule has 6 heterocycles. The molecule has 4 N–H and O–H groups in total. The van der Waals surface area contributed by atoms with Gasteiger partial charge in [-0.1, -0.05) is 70.2 Å². The van der Waals surface area contributed by atoms with Crippen LogP contribution in [0.5, 0.6) is 0 Å². The van der Waals surface area contributed by atoms with Crippen molar-refractivity contribution in [1.82, 2.24) is 40.0 Å². The normalized spacial score (nSPS) is 20.6.